The van der Waals surface area contributed by atoms with Crippen LogP contribution >= 0.6 is 23.1 Å². The van der Waals surface area contributed by atoms with Crippen LogP contribution in [-0.2, 0) is 17.1 Å². The summed E-state index contributed by atoms with van der Waals surface area (Å²) in [5.41, 5.74) is 2.02. The van der Waals surface area contributed by atoms with Gasteiger partial charge < -0.3 is 14.8 Å². The third kappa shape index (κ3) is 4.11. The maximum absolute atomic E-state index is 12.1. The number of ether oxygens (including phenoxy) is 2. The highest BCUT2D eigenvalue weighted by molar-refractivity contribution is 7.99. The fourth-order valence-electron chi connectivity index (χ4n) is 2.66. The van der Waals surface area contributed by atoms with Crippen LogP contribution in [0.1, 0.15) is 10.6 Å². The van der Waals surface area contributed by atoms with E-state index in [1.807, 2.05) is 36.4 Å². The third-order valence-electron chi connectivity index (χ3n) is 3.89. The summed E-state index contributed by atoms with van der Waals surface area (Å²) in [6.07, 6.45) is 0. The predicted molar refractivity (Wildman–Crippen MR) is 105 cm³/mol. The summed E-state index contributed by atoms with van der Waals surface area (Å²) < 4.78 is 12.2. The molecule has 3 aromatic rings. The number of carbonyl (C=O) groups is 1. The van der Waals surface area contributed by atoms with E-state index in [4.69, 9.17) is 9.47 Å². The predicted octanol–water partition coefficient (Wildman–Crippen LogP) is 3.62. The normalized spacial score (nSPS) is 12.9. The summed E-state index contributed by atoms with van der Waals surface area (Å²) in [6, 6.07) is 13.8. The van der Waals surface area contributed by atoms with Gasteiger partial charge in [-0.25, -0.2) is 4.98 Å². The molecule has 1 aliphatic heterocycles. The zero-order valence-corrected chi connectivity index (χ0v) is 15.7. The lowest BCUT2D eigenvalue weighted by atomic mass is 10.2. The van der Waals surface area contributed by atoms with Gasteiger partial charge in [0.2, 0.25) is 5.91 Å². The van der Waals surface area contributed by atoms with Crippen molar-refractivity contribution in [2.24, 2.45) is 0 Å². The number of benzene rings is 2. The molecule has 0 bridgehead atoms. The Balaban J connectivity index is 1.24. The molecule has 2 heterocycles. The zero-order chi connectivity index (χ0) is 17.8. The number of aromatic nitrogens is 1. The fraction of sp³-hybridized carbons (Fsp3) is 0.263. The smallest absolute Gasteiger partial charge is 0.230 e. The second-order valence-corrected chi connectivity index (χ2v) is 7.92. The Morgan fingerprint density at radius 1 is 1.15 bits per heavy atom. The Kier molecular flexibility index (Phi) is 5.26. The van der Waals surface area contributed by atoms with Gasteiger partial charge in [0.15, 0.2) is 11.5 Å². The van der Waals surface area contributed by atoms with Crippen LogP contribution in [0.4, 0.5) is 0 Å². The first kappa shape index (κ1) is 17.2. The number of carbonyl (C=O) groups excluding carboxylic acids is 1. The first-order valence-electron chi connectivity index (χ1n) is 8.35. The molecule has 0 saturated heterocycles. The molecule has 1 aliphatic rings. The van der Waals surface area contributed by atoms with Crippen LogP contribution in [-0.4, -0.2) is 29.9 Å². The summed E-state index contributed by atoms with van der Waals surface area (Å²) in [5, 5.41) is 4.00. The molecule has 1 N–H and O–H groups in total. The molecule has 26 heavy (non-hydrogen) atoms. The number of thiazole rings is 1. The molecule has 0 radical (unpaired) electrons. The van der Waals surface area contributed by atoms with Crippen molar-refractivity contribution in [3.8, 4) is 11.5 Å². The number of hydrogen-bond acceptors (Lipinski definition) is 6. The van der Waals surface area contributed by atoms with Crippen LogP contribution in [0.15, 0.2) is 42.5 Å². The number of thioether (sulfide) groups is 1. The van der Waals surface area contributed by atoms with Crippen LogP contribution in [0.25, 0.3) is 10.2 Å². The van der Waals surface area contributed by atoms with Crippen molar-refractivity contribution in [2.75, 3.05) is 19.0 Å². The molecule has 4 rings (SSSR count). The number of amides is 1. The van der Waals surface area contributed by atoms with Crippen LogP contribution in [0.5, 0.6) is 11.5 Å². The van der Waals surface area contributed by atoms with Gasteiger partial charge in [-0.2, -0.15) is 0 Å². The highest BCUT2D eigenvalue weighted by Crippen LogP contribution is 2.30. The van der Waals surface area contributed by atoms with E-state index in [1.54, 1.807) is 23.1 Å². The molecule has 0 atom stereocenters. The average Bonchev–Trinajstić information content (AvgIpc) is 3.09. The lowest BCUT2D eigenvalue weighted by molar-refractivity contribution is -0.118. The van der Waals surface area contributed by atoms with E-state index in [9.17, 15) is 4.79 Å². The van der Waals surface area contributed by atoms with Gasteiger partial charge >= 0.3 is 0 Å². The van der Waals surface area contributed by atoms with Crippen LogP contribution in [0.2, 0.25) is 0 Å². The van der Waals surface area contributed by atoms with Crippen molar-refractivity contribution in [3.05, 3.63) is 53.0 Å². The van der Waals surface area contributed by atoms with E-state index in [0.29, 0.717) is 25.5 Å². The summed E-state index contributed by atoms with van der Waals surface area (Å²) in [6.45, 7) is 1.62. The number of rotatable bonds is 6. The van der Waals surface area contributed by atoms with Crippen LogP contribution in [0, 0.1) is 0 Å². The van der Waals surface area contributed by atoms with Crippen molar-refractivity contribution >= 4 is 39.2 Å². The molecule has 7 heteroatoms. The number of hydrogen-bond donors (Lipinski definition) is 1. The fourth-order valence-corrected chi connectivity index (χ4v) is 4.54. The van der Waals surface area contributed by atoms with E-state index in [1.165, 1.54) is 4.70 Å². The SMILES string of the molecule is O=C(CSCc1nc2ccccc2s1)NCc1ccc2c(c1)OCCO2. The van der Waals surface area contributed by atoms with E-state index in [-0.39, 0.29) is 5.91 Å². The van der Waals surface area contributed by atoms with Gasteiger partial charge in [0, 0.05) is 12.3 Å². The number of nitrogens with zero attached hydrogens (tertiary/aromatic N) is 1. The van der Waals surface area contributed by atoms with E-state index in [0.717, 1.165) is 33.3 Å². The van der Waals surface area contributed by atoms with Crippen molar-refractivity contribution in [3.63, 3.8) is 0 Å². The Hall–Kier alpha value is -2.25. The molecule has 5 nitrogen and oxygen atoms in total. The standard InChI is InChI=1S/C19H18N2O3S2/c22-18(11-25-12-19-21-14-3-1-2-4-17(14)26-19)20-10-13-5-6-15-16(9-13)24-8-7-23-15/h1-6,9H,7-8,10-12H2,(H,20,22). The molecule has 0 fully saturated rings. The molecule has 0 spiro atoms. The second-order valence-electron chi connectivity index (χ2n) is 5.82. The number of para-hydroxylation sites is 1. The molecule has 1 amide bonds. The Labute approximate surface area is 159 Å². The van der Waals surface area contributed by atoms with E-state index >= 15 is 0 Å². The lowest BCUT2D eigenvalue weighted by Crippen LogP contribution is -2.24. The maximum Gasteiger partial charge on any atom is 0.230 e. The quantitative estimate of drug-likeness (QED) is 0.701. The zero-order valence-electron chi connectivity index (χ0n) is 14.1. The number of nitrogens with one attached hydrogen (secondary N) is 1. The van der Waals surface area contributed by atoms with Gasteiger partial charge in [-0.1, -0.05) is 18.2 Å². The van der Waals surface area contributed by atoms with Crippen molar-refractivity contribution < 1.29 is 14.3 Å². The second kappa shape index (κ2) is 7.97. The molecule has 0 unspecified atom stereocenters. The van der Waals surface area contributed by atoms with E-state index in [2.05, 4.69) is 16.4 Å². The topological polar surface area (TPSA) is 60.5 Å². The van der Waals surface area contributed by atoms with Gasteiger partial charge in [-0.15, -0.1) is 23.1 Å². The first-order chi connectivity index (χ1) is 12.8. The molecule has 2 aromatic carbocycles. The van der Waals surface area contributed by atoms with Crippen LogP contribution in [0.3, 0.4) is 0 Å². The van der Waals surface area contributed by atoms with Gasteiger partial charge in [0.05, 0.1) is 16.0 Å². The number of fused-ring (bicyclic) bond motifs is 2. The van der Waals surface area contributed by atoms with Crippen molar-refractivity contribution in [2.45, 2.75) is 12.3 Å². The summed E-state index contributed by atoms with van der Waals surface area (Å²) in [5.74, 6) is 2.69. The minimum atomic E-state index is 0.0194. The Morgan fingerprint density at radius 3 is 2.88 bits per heavy atom. The molecule has 0 saturated carbocycles. The lowest BCUT2D eigenvalue weighted by Gasteiger charge is -2.18. The molecular formula is C19H18N2O3S2. The minimum absolute atomic E-state index is 0.0194. The average molecular weight is 386 g/mol. The summed E-state index contributed by atoms with van der Waals surface area (Å²) in [4.78, 5) is 16.6. The maximum atomic E-state index is 12.1. The third-order valence-corrected chi connectivity index (χ3v) is 6.06. The van der Waals surface area contributed by atoms with Gasteiger partial charge in [0.25, 0.3) is 0 Å². The van der Waals surface area contributed by atoms with Gasteiger partial charge in [-0.05, 0) is 29.8 Å². The summed E-state index contributed by atoms with van der Waals surface area (Å²) >= 11 is 3.26. The van der Waals surface area contributed by atoms with Gasteiger partial charge in [0.1, 0.15) is 18.2 Å². The molecule has 1 aromatic heterocycles. The van der Waals surface area contributed by atoms with Crippen molar-refractivity contribution in [1.82, 2.24) is 10.3 Å². The highest BCUT2D eigenvalue weighted by atomic mass is 32.2. The highest BCUT2D eigenvalue weighted by Gasteiger charge is 2.12. The molecular weight excluding hydrogens is 368 g/mol. The van der Waals surface area contributed by atoms with Crippen LogP contribution < -0.4 is 14.8 Å². The summed E-state index contributed by atoms with van der Waals surface area (Å²) in [7, 11) is 0. The first-order valence-corrected chi connectivity index (χ1v) is 10.3. The van der Waals surface area contributed by atoms with Gasteiger partial charge in [-0.3, -0.25) is 4.79 Å². The Morgan fingerprint density at radius 2 is 2.00 bits per heavy atom. The Bertz CT molecular complexity index is 893. The molecule has 134 valence electrons. The largest absolute Gasteiger partial charge is 0.486 e. The van der Waals surface area contributed by atoms with Crippen molar-refractivity contribution in [1.29, 1.82) is 0 Å². The molecule has 0 aliphatic carbocycles. The monoisotopic (exact) mass is 386 g/mol. The van der Waals surface area contributed by atoms with E-state index < -0.39 is 0 Å². The minimum Gasteiger partial charge on any atom is -0.486 e.